The Morgan fingerprint density at radius 2 is 1.77 bits per heavy atom. The second-order valence-electron chi connectivity index (χ2n) is 9.47. The van der Waals surface area contributed by atoms with E-state index in [9.17, 15) is 0 Å². The molecule has 2 heterocycles. The Morgan fingerprint density at radius 1 is 0.971 bits per heavy atom. The first-order valence-corrected chi connectivity index (χ1v) is 13.3. The minimum Gasteiger partial charge on any atom is -0.361 e. The van der Waals surface area contributed by atoms with Crippen molar-refractivity contribution in [2.24, 2.45) is 0 Å². The highest BCUT2D eigenvalue weighted by atomic mass is 35.5. The molecule has 5 nitrogen and oxygen atoms in total. The van der Waals surface area contributed by atoms with E-state index >= 15 is 0 Å². The summed E-state index contributed by atoms with van der Waals surface area (Å²) in [6.45, 7) is 2.41. The smallest absolute Gasteiger partial charge is 0.232 e. The number of halogens is 2. The molecule has 0 amide bonds. The number of benzene rings is 2. The first-order valence-electron chi connectivity index (χ1n) is 12.2. The molecule has 3 aromatic rings. The summed E-state index contributed by atoms with van der Waals surface area (Å²) >= 11 is 18.3. The van der Waals surface area contributed by atoms with Gasteiger partial charge in [-0.15, -0.1) is 0 Å². The molecule has 0 bridgehead atoms. The number of anilines is 2. The monoisotopic (exact) mass is 525 g/mol. The van der Waals surface area contributed by atoms with Crippen LogP contribution in [0.4, 0.5) is 11.8 Å². The molecule has 2 aliphatic rings. The van der Waals surface area contributed by atoms with Crippen molar-refractivity contribution in [2.45, 2.75) is 50.5 Å². The highest BCUT2D eigenvalue weighted by Crippen LogP contribution is 2.39. The SMILES string of the molecule is S=C(NCC1(c2cccc(Cl)c2)CCCCC1)Nc1nc(Cl)cc(N2CCc3ccccc3C2)n1. The third-order valence-corrected chi connectivity index (χ3v) is 7.87. The van der Waals surface area contributed by atoms with Crippen LogP contribution in [0, 0.1) is 0 Å². The summed E-state index contributed by atoms with van der Waals surface area (Å²) in [6.07, 6.45) is 6.87. The molecular weight excluding hydrogens is 497 g/mol. The molecule has 1 aliphatic carbocycles. The van der Waals surface area contributed by atoms with E-state index in [4.69, 9.17) is 40.4 Å². The van der Waals surface area contributed by atoms with Crippen LogP contribution in [0.2, 0.25) is 10.2 Å². The minimum atomic E-state index is 0.0103. The van der Waals surface area contributed by atoms with Gasteiger partial charge in [0.05, 0.1) is 0 Å². The largest absolute Gasteiger partial charge is 0.361 e. The highest BCUT2D eigenvalue weighted by Gasteiger charge is 2.34. The van der Waals surface area contributed by atoms with Crippen LogP contribution < -0.4 is 15.5 Å². The second kappa shape index (κ2) is 10.7. The minimum absolute atomic E-state index is 0.0103. The van der Waals surface area contributed by atoms with Crippen molar-refractivity contribution in [3.8, 4) is 0 Å². The lowest BCUT2D eigenvalue weighted by molar-refractivity contribution is 0.292. The van der Waals surface area contributed by atoms with E-state index < -0.39 is 0 Å². The lowest BCUT2D eigenvalue weighted by atomic mass is 9.69. The van der Waals surface area contributed by atoms with Crippen molar-refractivity contribution >= 4 is 52.3 Å². The fraction of sp³-hybridized carbons (Fsp3) is 0.370. The molecule has 1 saturated carbocycles. The Bertz CT molecular complexity index is 1210. The fourth-order valence-corrected chi connectivity index (χ4v) is 5.86. The van der Waals surface area contributed by atoms with Gasteiger partial charge in [-0.05, 0) is 60.3 Å². The highest BCUT2D eigenvalue weighted by molar-refractivity contribution is 7.80. The zero-order valence-corrected chi connectivity index (χ0v) is 21.9. The third-order valence-electron chi connectivity index (χ3n) is 7.20. The van der Waals surface area contributed by atoms with Gasteiger partial charge in [-0.25, -0.2) is 4.98 Å². The third kappa shape index (κ3) is 5.71. The van der Waals surface area contributed by atoms with E-state index in [0.717, 1.165) is 49.7 Å². The molecule has 2 aromatic carbocycles. The van der Waals surface area contributed by atoms with E-state index in [1.165, 1.54) is 36.0 Å². The van der Waals surface area contributed by atoms with E-state index in [-0.39, 0.29) is 5.41 Å². The second-order valence-corrected chi connectivity index (χ2v) is 10.7. The number of thiocarbonyl (C=S) groups is 1. The fourth-order valence-electron chi connectivity index (χ4n) is 5.32. The Labute approximate surface area is 222 Å². The van der Waals surface area contributed by atoms with Gasteiger partial charge in [-0.2, -0.15) is 4.98 Å². The number of hydrogen-bond donors (Lipinski definition) is 2. The van der Waals surface area contributed by atoms with Crippen molar-refractivity contribution in [2.75, 3.05) is 23.3 Å². The standard InChI is InChI=1S/C27H29Cl2N5S/c28-22-10-6-9-21(15-22)27(12-4-1-5-13-27)18-30-26(35)33-25-31-23(29)16-24(32-25)34-14-11-19-7-2-3-8-20(19)17-34/h2-3,6-10,15-16H,1,4-5,11-14,17-18H2,(H2,30,31,32,33,35). The molecule has 8 heteroatoms. The van der Waals surface area contributed by atoms with Gasteiger partial charge in [0.1, 0.15) is 11.0 Å². The van der Waals surface area contributed by atoms with E-state index in [1.54, 1.807) is 0 Å². The topological polar surface area (TPSA) is 53.1 Å². The Kier molecular flexibility index (Phi) is 7.42. The van der Waals surface area contributed by atoms with Crippen molar-refractivity contribution in [3.05, 3.63) is 81.5 Å². The summed E-state index contributed by atoms with van der Waals surface area (Å²) in [5.74, 6) is 1.21. The van der Waals surface area contributed by atoms with Gasteiger partial charge >= 0.3 is 0 Å². The van der Waals surface area contributed by atoms with E-state index in [0.29, 0.717) is 16.2 Å². The molecule has 2 N–H and O–H groups in total. The predicted molar refractivity (Wildman–Crippen MR) is 149 cm³/mol. The molecule has 0 saturated heterocycles. The van der Waals surface area contributed by atoms with Crippen LogP contribution >= 0.6 is 35.4 Å². The molecule has 182 valence electrons. The average Bonchev–Trinajstić information content (AvgIpc) is 2.87. The van der Waals surface area contributed by atoms with Crippen LogP contribution in [0.1, 0.15) is 48.8 Å². The van der Waals surface area contributed by atoms with Crippen LogP contribution in [-0.2, 0) is 18.4 Å². The number of nitrogens with one attached hydrogen (secondary N) is 2. The van der Waals surface area contributed by atoms with Gasteiger partial charge in [0.25, 0.3) is 0 Å². The molecule has 35 heavy (non-hydrogen) atoms. The van der Waals surface area contributed by atoms with Gasteiger partial charge in [-0.1, -0.05) is 78.9 Å². The van der Waals surface area contributed by atoms with Gasteiger partial charge in [0.2, 0.25) is 5.95 Å². The quantitative estimate of drug-likeness (QED) is 0.291. The molecular formula is C27H29Cl2N5S. The van der Waals surface area contributed by atoms with Crippen molar-refractivity contribution in [1.82, 2.24) is 15.3 Å². The normalized spacial score (nSPS) is 16.9. The van der Waals surface area contributed by atoms with Gasteiger partial charge in [0.15, 0.2) is 5.11 Å². The van der Waals surface area contributed by atoms with Crippen LogP contribution in [0.25, 0.3) is 0 Å². The van der Waals surface area contributed by atoms with E-state index in [1.807, 2.05) is 18.2 Å². The van der Waals surface area contributed by atoms with Crippen molar-refractivity contribution in [1.29, 1.82) is 0 Å². The summed E-state index contributed by atoms with van der Waals surface area (Å²) < 4.78 is 0. The molecule has 0 atom stereocenters. The zero-order valence-electron chi connectivity index (χ0n) is 19.6. The van der Waals surface area contributed by atoms with E-state index in [2.05, 4.69) is 56.9 Å². The molecule has 1 aliphatic heterocycles. The van der Waals surface area contributed by atoms with Crippen LogP contribution in [0.3, 0.4) is 0 Å². The summed E-state index contributed by atoms with van der Waals surface area (Å²) in [6, 6.07) is 18.6. The van der Waals surface area contributed by atoms with Gasteiger partial charge < -0.3 is 15.5 Å². The number of nitrogens with zero attached hydrogens (tertiary/aromatic N) is 3. The molecule has 0 unspecified atom stereocenters. The lowest BCUT2D eigenvalue weighted by Crippen LogP contribution is -2.43. The molecule has 1 fully saturated rings. The first kappa shape index (κ1) is 24.3. The number of aromatic nitrogens is 2. The molecule has 0 radical (unpaired) electrons. The number of hydrogen-bond acceptors (Lipinski definition) is 4. The summed E-state index contributed by atoms with van der Waals surface area (Å²) in [5, 5.41) is 8.25. The first-order chi connectivity index (χ1) is 17.0. The summed E-state index contributed by atoms with van der Waals surface area (Å²) in [5.41, 5.74) is 3.99. The van der Waals surface area contributed by atoms with Crippen LogP contribution in [-0.4, -0.2) is 28.2 Å². The van der Waals surface area contributed by atoms with Crippen LogP contribution in [0.15, 0.2) is 54.6 Å². The molecule has 1 aromatic heterocycles. The Hall–Kier alpha value is -2.41. The summed E-state index contributed by atoms with van der Waals surface area (Å²) in [4.78, 5) is 11.3. The lowest BCUT2D eigenvalue weighted by Gasteiger charge is -2.38. The Morgan fingerprint density at radius 3 is 2.57 bits per heavy atom. The van der Waals surface area contributed by atoms with Crippen LogP contribution in [0.5, 0.6) is 0 Å². The van der Waals surface area contributed by atoms with Crippen molar-refractivity contribution < 1.29 is 0 Å². The van der Waals surface area contributed by atoms with Gasteiger partial charge in [-0.3, -0.25) is 0 Å². The maximum absolute atomic E-state index is 6.37. The maximum Gasteiger partial charge on any atom is 0.232 e. The average molecular weight is 527 g/mol. The number of rotatable bonds is 5. The number of fused-ring (bicyclic) bond motifs is 1. The van der Waals surface area contributed by atoms with Gasteiger partial charge in [0, 0.05) is 36.1 Å². The Balaban J connectivity index is 1.27. The molecule has 5 rings (SSSR count). The summed E-state index contributed by atoms with van der Waals surface area (Å²) in [7, 11) is 0. The predicted octanol–water partition coefficient (Wildman–Crippen LogP) is 6.53. The van der Waals surface area contributed by atoms with Crippen molar-refractivity contribution in [3.63, 3.8) is 0 Å². The maximum atomic E-state index is 6.37. The molecule has 0 spiro atoms. The zero-order chi connectivity index (χ0) is 24.3.